The van der Waals surface area contributed by atoms with Crippen LogP contribution in [0.3, 0.4) is 0 Å². The van der Waals surface area contributed by atoms with Crippen molar-refractivity contribution in [2.75, 3.05) is 17.3 Å². The Morgan fingerprint density at radius 2 is 1.83 bits per heavy atom. The summed E-state index contributed by atoms with van der Waals surface area (Å²) in [5, 5.41) is 2.34. The summed E-state index contributed by atoms with van der Waals surface area (Å²) >= 11 is 1.17. The van der Waals surface area contributed by atoms with Gasteiger partial charge >= 0.3 is 0 Å². The smallest absolute Gasteiger partial charge is 0.225 e. The van der Waals surface area contributed by atoms with Crippen LogP contribution in [0.1, 0.15) is 6.42 Å². The largest absolute Gasteiger partial charge is 0.324 e. The molecule has 0 heterocycles. The lowest BCUT2D eigenvalue weighted by atomic mass is 10.3. The van der Waals surface area contributed by atoms with Gasteiger partial charge in [0.25, 0.3) is 0 Å². The average Bonchev–Trinajstić information content (AvgIpc) is 2.50. The zero-order chi connectivity index (χ0) is 17.7. The first-order chi connectivity index (χ1) is 11.3. The van der Waals surface area contributed by atoms with Crippen molar-refractivity contribution in [1.29, 1.82) is 0 Å². The molecule has 4 nitrogen and oxygen atoms in total. The van der Waals surface area contributed by atoms with Gasteiger partial charge in [-0.25, -0.2) is 17.2 Å². The maximum Gasteiger partial charge on any atom is 0.225 e. The maximum atomic E-state index is 13.7. The second kappa shape index (κ2) is 7.76. The SMILES string of the molecule is CS(=O)(=O)c1ccc(F)c(NC(=O)CCSc2ccccc2F)c1. The van der Waals surface area contributed by atoms with Crippen LogP contribution in [0.2, 0.25) is 0 Å². The molecule has 2 aromatic carbocycles. The number of hydrogen-bond acceptors (Lipinski definition) is 4. The minimum Gasteiger partial charge on any atom is -0.324 e. The molecule has 0 aliphatic rings. The number of benzene rings is 2. The topological polar surface area (TPSA) is 63.2 Å². The normalized spacial score (nSPS) is 11.3. The van der Waals surface area contributed by atoms with Crippen molar-refractivity contribution >= 4 is 33.2 Å². The summed E-state index contributed by atoms with van der Waals surface area (Å²) in [5.41, 5.74) is -0.196. The predicted octanol–water partition coefficient (Wildman–Crippen LogP) is 3.49. The first-order valence-electron chi connectivity index (χ1n) is 6.94. The lowest BCUT2D eigenvalue weighted by molar-refractivity contribution is -0.115. The fourth-order valence-electron chi connectivity index (χ4n) is 1.86. The minimum atomic E-state index is -3.50. The van der Waals surface area contributed by atoms with Crippen LogP contribution in [0.25, 0.3) is 0 Å². The summed E-state index contributed by atoms with van der Waals surface area (Å²) in [5.74, 6) is -1.27. The molecule has 1 N–H and O–H groups in total. The summed E-state index contributed by atoms with van der Waals surface area (Å²) in [6, 6.07) is 9.39. The van der Waals surface area contributed by atoms with Crippen LogP contribution in [-0.2, 0) is 14.6 Å². The second-order valence-corrected chi connectivity index (χ2v) is 8.14. The molecule has 0 aliphatic carbocycles. The van der Waals surface area contributed by atoms with Crippen molar-refractivity contribution in [2.45, 2.75) is 16.2 Å². The van der Waals surface area contributed by atoms with E-state index in [0.29, 0.717) is 10.6 Å². The summed E-state index contributed by atoms with van der Waals surface area (Å²) in [7, 11) is -3.50. The van der Waals surface area contributed by atoms with Crippen LogP contribution in [-0.4, -0.2) is 26.3 Å². The fraction of sp³-hybridized carbons (Fsp3) is 0.188. The van der Waals surface area contributed by atoms with Crippen LogP contribution in [0.15, 0.2) is 52.3 Å². The number of hydrogen-bond donors (Lipinski definition) is 1. The third-order valence-corrected chi connectivity index (χ3v) is 5.22. The standard InChI is InChI=1S/C16H15F2NO3S2/c1-24(21,22)11-6-7-12(17)14(10-11)19-16(20)8-9-23-15-5-3-2-4-13(15)18/h2-7,10H,8-9H2,1H3,(H,19,20). The van der Waals surface area contributed by atoms with Gasteiger partial charge in [-0.05, 0) is 30.3 Å². The monoisotopic (exact) mass is 371 g/mol. The van der Waals surface area contributed by atoms with E-state index in [2.05, 4.69) is 5.32 Å². The first kappa shape index (κ1) is 18.4. The van der Waals surface area contributed by atoms with Gasteiger partial charge in [0, 0.05) is 23.3 Å². The number of halogens is 2. The highest BCUT2D eigenvalue weighted by Gasteiger charge is 2.13. The number of nitrogens with one attached hydrogen (secondary N) is 1. The van der Waals surface area contributed by atoms with E-state index in [1.165, 1.54) is 17.8 Å². The van der Waals surface area contributed by atoms with E-state index in [1.54, 1.807) is 18.2 Å². The van der Waals surface area contributed by atoms with Gasteiger partial charge in [0.2, 0.25) is 5.91 Å². The lowest BCUT2D eigenvalue weighted by Gasteiger charge is -2.08. The van der Waals surface area contributed by atoms with Gasteiger partial charge in [0.05, 0.1) is 10.6 Å². The third-order valence-electron chi connectivity index (χ3n) is 3.06. The van der Waals surface area contributed by atoms with Crippen molar-refractivity contribution in [3.05, 3.63) is 54.1 Å². The number of amides is 1. The summed E-state index contributed by atoms with van der Waals surface area (Å²) in [6.45, 7) is 0. The molecule has 0 radical (unpaired) electrons. The van der Waals surface area contributed by atoms with Gasteiger partial charge in [-0.1, -0.05) is 12.1 Å². The van der Waals surface area contributed by atoms with Gasteiger partial charge in [-0.15, -0.1) is 11.8 Å². The quantitative estimate of drug-likeness (QED) is 0.624. The molecule has 24 heavy (non-hydrogen) atoms. The third kappa shape index (κ3) is 5.04. The highest BCUT2D eigenvalue weighted by atomic mass is 32.2. The Morgan fingerprint density at radius 1 is 1.12 bits per heavy atom. The number of carbonyl (C=O) groups is 1. The van der Waals surface area contributed by atoms with E-state index in [-0.39, 0.29) is 22.8 Å². The minimum absolute atomic E-state index is 0.0293. The first-order valence-corrected chi connectivity index (χ1v) is 9.82. The van der Waals surface area contributed by atoms with E-state index in [1.807, 2.05) is 0 Å². The molecule has 0 saturated heterocycles. The van der Waals surface area contributed by atoms with E-state index in [0.717, 1.165) is 24.5 Å². The molecule has 2 aromatic rings. The molecule has 0 spiro atoms. The van der Waals surface area contributed by atoms with E-state index in [4.69, 9.17) is 0 Å². The number of sulfone groups is 1. The molecule has 0 aromatic heterocycles. The van der Waals surface area contributed by atoms with Gasteiger partial charge in [0.1, 0.15) is 11.6 Å². The molecule has 0 bridgehead atoms. The van der Waals surface area contributed by atoms with Crippen molar-refractivity contribution < 1.29 is 22.0 Å². The molecular formula is C16H15F2NO3S2. The Balaban J connectivity index is 1.96. The van der Waals surface area contributed by atoms with Gasteiger partial charge < -0.3 is 5.32 Å². The van der Waals surface area contributed by atoms with E-state index >= 15 is 0 Å². The van der Waals surface area contributed by atoms with Crippen LogP contribution >= 0.6 is 11.8 Å². The Morgan fingerprint density at radius 3 is 2.50 bits per heavy atom. The maximum absolute atomic E-state index is 13.7. The zero-order valence-electron chi connectivity index (χ0n) is 12.8. The predicted molar refractivity (Wildman–Crippen MR) is 89.9 cm³/mol. The zero-order valence-corrected chi connectivity index (χ0v) is 14.4. The van der Waals surface area contributed by atoms with Gasteiger partial charge in [-0.3, -0.25) is 4.79 Å². The highest BCUT2D eigenvalue weighted by molar-refractivity contribution is 7.99. The molecule has 0 saturated carbocycles. The molecule has 1 amide bonds. The summed E-state index contributed by atoms with van der Waals surface area (Å²) < 4.78 is 50.1. The molecule has 0 fully saturated rings. The fourth-order valence-corrected chi connectivity index (χ4v) is 3.39. The van der Waals surface area contributed by atoms with Crippen LogP contribution < -0.4 is 5.32 Å². The van der Waals surface area contributed by atoms with Gasteiger partial charge in [0.15, 0.2) is 9.84 Å². The highest BCUT2D eigenvalue weighted by Crippen LogP contribution is 2.23. The van der Waals surface area contributed by atoms with E-state index < -0.39 is 21.6 Å². The summed E-state index contributed by atoms with van der Waals surface area (Å²) in [4.78, 5) is 12.2. The molecule has 2 rings (SSSR count). The van der Waals surface area contributed by atoms with E-state index in [9.17, 15) is 22.0 Å². The van der Waals surface area contributed by atoms with Crippen LogP contribution in [0.5, 0.6) is 0 Å². The molecule has 128 valence electrons. The number of thioether (sulfide) groups is 1. The van der Waals surface area contributed by atoms with Crippen LogP contribution in [0.4, 0.5) is 14.5 Å². The van der Waals surface area contributed by atoms with Gasteiger partial charge in [-0.2, -0.15) is 0 Å². The van der Waals surface area contributed by atoms with Crippen LogP contribution in [0, 0.1) is 11.6 Å². The van der Waals surface area contributed by atoms with Crippen molar-refractivity contribution in [2.24, 2.45) is 0 Å². The Bertz CT molecular complexity index is 854. The molecular weight excluding hydrogens is 356 g/mol. The Hall–Kier alpha value is -1.93. The number of rotatable bonds is 6. The molecule has 0 atom stereocenters. The molecule has 0 aliphatic heterocycles. The van der Waals surface area contributed by atoms with Crippen molar-refractivity contribution in [1.82, 2.24) is 0 Å². The van der Waals surface area contributed by atoms with Crippen molar-refractivity contribution in [3.63, 3.8) is 0 Å². The lowest BCUT2D eigenvalue weighted by Crippen LogP contribution is -2.14. The molecule has 8 heteroatoms. The number of anilines is 1. The molecule has 0 unspecified atom stereocenters. The Kier molecular flexibility index (Phi) is 5.95. The van der Waals surface area contributed by atoms with Crippen molar-refractivity contribution in [3.8, 4) is 0 Å². The Labute approximate surface area is 143 Å². The number of carbonyl (C=O) groups excluding carboxylic acids is 1. The summed E-state index contributed by atoms with van der Waals surface area (Å²) in [6.07, 6.45) is 1.03. The average molecular weight is 371 g/mol. The second-order valence-electron chi connectivity index (χ2n) is 4.99.